The number of rotatable bonds is 6. The first-order valence-electron chi connectivity index (χ1n) is 7.50. The Morgan fingerprint density at radius 2 is 1.92 bits per heavy atom. The van der Waals surface area contributed by atoms with Crippen LogP contribution in [-0.2, 0) is 9.84 Å². The van der Waals surface area contributed by atoms with Gasteiger partial charge in [-0.3, -0.25) is 5.32 Å². The third-order valence-electron chi connectivity index (χ3n) is 3.29. The van der Waals surface area contributed by atoms with Crippen molar-refractivity contribution < 1.29 is 13.2 Å². The van der Waals surface area contributed by atoms with E-state index < -0.39 is 21.9 Å². The zero-order valence-corrected chi connectivity index (χ0v) is 15.4. The molecule has 0 radical (unpaired) electrons. The lowest BCUT2D eigenvalue weighted by atomic mass is 10.1. The quantitative estimate of drug-likeness (QED) is 0.821. The Labute approximate surface area is 146 Å². The van der Waals surface area contributed by atoms with E-state index in [0.717, 1.165) is 16.7 Å². The lowest BCUT2D eigenvalue weighted by Gasteiger charge is -2.18. The van der Waals surface area contributed by atoms with Crippen LogP contribution in [0.1, 0.15) is 36.2 Å². The molecule has 2 N–H and O–H groups in total. The van der Waals surface area contributed by atoms with Crippen LogP contribution in [0.5, 0.6) is 0 Å². The van der Waals surface area contributed by atoms with Crippen molar-refractivity contribution in [3.8, 4) is 0 Å². The maximum absolute atomic E-state index is 12.2. The zero-order valence-electron chi connectivity index (χ0n) is 13.8. The highest BCUT2D eigenvalue weighted by Crippen LogP contribution is 2.25. The van der Waals surface area contributed by atoms with Crippen LogP contribution in [0.4, 0.5) is 9.93 Å². The summed E-state index contributed by atoms with van der Waals surface area (Å²) in [5.41, 5.74) is 0.736. The van der Waals surface area contributed by atoms with Crippen LogP contribution in [0, 0.1) is 0 Å². The summed E-state index contributed by atoms with van der Waals surface area (Å²) >= 11 is 1.40. The monoisotopic (exact) mass is 367 g/mol. The fourth-order valence-corrected chi connectivity index (χ4v) is 3.81. The van der Waals surface area contributed by atoms with E-state index in [1.165, 1.54) is 11.3 Å². The van der Waals surface area contributed by atoms with Crippen LogP contribution in [0.15, 0.2) is 36.5 Å². The number of carbonyl (C=O) groups is 1. The average Bonchev–Trinajstić information content (AvgIpc) is 2.94. The topological polar surface area (TPSA) is 88.2 Å². The predicted octanol–water partition coefficient (Wildman–Crippen LogP) is 3.17. The van der Waals surface area contributed by atoms with Crippen molar-refractivity contribution in [3.05, 3.63) is 47.0 Å². The minimum atomic E-state index is -3.25. The Morgan fingerprint density at radius 3 is 2.46 bits per heavy atom. The number of benzene rings is 1. The van der Waals surface area contributed by atoms with E-state index in [9.17, 15) is 13.2 Å². The van der Waals surface area contributed by atoms with Gasteiger partial charge in [-0.1, -0.05) is 44.2 Å². The molecule has 2 rings (SSSR count). The molecule has 0 fully saturated rings. The van der Waals surface area contributed by atoms with Gasteiger partial charge >= 0.3 is 6.03 Å². The van der Waals surface area contributed by atoms with Gasteiger partial charge in [0.1, 0.15) is 9.84 Å². The van der Waals surface area contributed by atoms with E-state index in [4.69, 9.17) is 0 Å². The van der Waals surface area contributed by atoms with Crippen LogP contribution in [0.3, 0.4) is 0 Å². The number of urea groups is 1. The minimum absolute atomic E-state index is 0.167. The molecule has 1 heterocycles. The van der Waals surface area contributed by atoms with Crippen LogP contribution in [0.25, 0.3) is 0 Å². The largest absolute Gasteiger partial charge is 0.330 e. The summed E-state index contributed by atoms with van der Waals surface area (Å²) in [5, 5.41) is 5.87. The summed E-state index contributed by atoms with van der Waals surface area (Å²) in [6.45, 7) is 4.10. The van der Waals surface area contributed by atoms with E-state index in [1.54, 1.807) is 30.5 Å². The van der Waals surface area contributed by atoms with Crippen molar-refractivity contribution in [3.63, 3.8) is 0 Å². The fourth-order valence-electron chi connectivity index (χ4n) is 2.11. The zero-order chi connectivity index (χ0) is 17.7. The number of nitrogens with zero attached hydrogens (tertiary/aromatic N) is 1. The fraction of sp³-hybridized carbons (Fsp3) is 0.375. The second-order valence-electron chi connectivity index (χ2n) is 5.88. The normalized spacial score (nSPS) is 12.8. The summed E-state index contributed by atoms with van der Waals surface area (Å²) in [4.78, 5) is 17.4. The maximum Gasteiger partial charge on any atom is 0.321 e. The smallest absolute Gasteiger partial charge is 0.321 e. The van der Waals surface area contributed by atoms with Crippen molar-refractivity contribution in [2.45, 2.75) is 25.8 Å². The molecule has 1 aromatic heterocycles. The number of sulfone groups is 1. The molecule has 0 spiro atoms. The minimum Gasteiger partial charge on any atom is -0.330 e. The molecule has 1 atom stereocenters. The highest BCUT2D eigenvalue weighted by molar-refractivity contribution is 7.90. The number of hydrogen-bond donors (Lipinski definition) is 2. The van der Waals surface area contributed by atoms with Crippen LogP contribution in [-0.4, -0.2) is 31.4 Å². The Hall–Kier alpha value is -1.93. The molecule has 24 heavy (non-hydrogen) atoms. The third kappa shape index (κ3) is 5.61. The predicted molar refractivity (Wildman–Crippen MR) is 97.3 cm³/mol. The maximum atomic E-state index is 12.2. The third-order valence-corrected chi connectivity index (χ3v) is 5.44. The van der Waals surface area contributed by atoms with Gasteiger partial charge in [0, 0.05) is 17.3 Å². The number of thiazole rings is 1. The summed E-state index contributed by atoms with van der Waals surface area (Å²) in [7, 11) is -3.25. The van der Waals surface area contributed by atoms with Crippen LogP contribution in [0.2, 0.25) is 0 Å². The van der Waals surface area contributed by atoms with Gasteiger partial charge in [0.15, 0.2) is 5.13 Å². The molecular formula is C16H21N3O3S2. The molecule has 0 aliphatic carbocycles. The van der Waals surface area contributed by atoms with E-state index in [-0.39, 0.29) is 5.75 Å². The summed E-state index contributed by atoms with van der Waals surface area (Å²) in [6, 6.07) is 7.93. The summed E-state index contributed by atoms with van der Waals surface area (Å²) < 4.78 is 23.3. The first-order valence-corrected chi connectivity index (χ1v) is 10.4. The number of amides is 2. The molecule has 2 aromatic rings. The molecule has 130 valence electrons. The second-order valence-corrected chi connectivity index (χ2v) is 9.12. The number of nitrogens with one attached hydrogen (secondary N) is 2. The van der Waals surface area contributed by atoms with Gasteiger partial charge in [-0.05, 0) is 11.5 Å². The van der Waals surface area contributed by atoms with E-state index in [1.807, 2.05) is 6.07 Å². The van der Waals surface area contributed by atoms with Gasteiger partial charge in [0.2, 0.25) is 0 Å². The van der Waals surface area contributed by atoms with Gasteiger partial charge in [0.25, 0.3) is 0 Å². The molecule has 2 amide bonds. The van der Waals surface area contributed by atoms with Crippen LogP contribution < -0.4 is 10.6 Å². The Kier molecular flexibility index (Phi) is 5.95. The standard InChI is InChI=1S/C16H21N3O3S2/c1-11(2)14-9-17-16(23-14)19-15(20)18-13(10-24(3,21)22)12-7-5-4-6-8-12/h4-9,11,13H,10H2,1-3H3,(H2,17,18,19,20). The summed E-state index contributed by atoms with van der Waals surface area (Å²) in [6.07, 6.45) is 2.88. The van der Waals surface area contributed by atoms with Gasteiger partial charge in [-0.25, -0.2) is 18.2 Å². The van der Waals surface area contributed by atoms with Gasteiger partial charge in [-0.15, -0.1) is 11.3 Å². The molecule has 1 unspecified atom stereocenters. The lowest BCUT2D eigenvalue weighted by Crippen LogP contribution is -2.36. The Morgan fingerprint density at radius 1 is 1.25 bits per heavy atom. The van der Waals surface area contributed by atoms with Crippen molar-refractivity contribution in [2.24, 2.45) is 0 Å². The number of carbonyl (C=O) groups excluding carboxylic acids is 1. The molecule has 0 aliphatic rings. The molecule has 0 saturated carbocycles. The van der Waals surface area contributed by atoms with Gasteiger partial charge < -0.3 is 5.32 Å². The second kappa shape index (κ2) is 7.76. The molecule has 0 saturated heterocycles. The summed E-state index contributed by atoms with van der Waals surface area (Å²) in [5.74, 6) is 0.169. The van der Waals surface area contributed by atoms with Crippen LogP contribution >= 0.6 is 11.3 Å². The van der Waals surface area contributed by atoms with E-state index >= 15 is 0 Å². The van der Waals surface area contributed by atoms with Crippen molar-refractivity contribution >= 4 is 32.3 Å². The highest BCUT2D eigenvalue weighted by Gasteiger charge is 2.20. The van der Waals surface area contributed by atoms with Gasteiger partial charge in [-0.2, -0.15) is 0 Å². The average molecular weight is 367 g/mol. The van der Waals surface area contributed by atoms with Gasteiger partial charge in [0.05, 0.1) is 11.8 Å². The molecule has 0 aliphatic heterocycles. The number of anilines is 1. The molecule has 0 bridgehead atoms. The lowest BCUT2D eigenvalue weighted by molar-refractivity contribution is 0.249. The number of hydrogen-bond acceptors (Lipinski definition) is 5. The number of aromatic nitrogens is 1. The van der Waals surface area contributed by atoms with Crippen molar-refractivity contribution in [2.75, 3.05) is 17.3 Å². The molecule has 6 nitrogen and oxygen atoms in total. The molecular weight excluding hydrogens is 346 g/mol. The first-order chi connectivity index (χ1) is 11.2. The first kappa shape index (κ1) is 18.4. The van der Waals surface area contributed by atoms with E-state index in [2.05, 4.69) is 29.5 Å². The Bertz CT molecular complexity index is 786. The molecule has 1 aromatic carbocycles. The highest BCUT2D eigenvalue weighted by atomic mass is 32.2. The van der Waals surface area contributed by atoms with Crippen molar-refractivity contribution in [1.29, 1.82) is 0 Å². The van der Waals surface area contributed by atoms with E-state index in [0.29, 0.717) is 11.0 Å². The SMILES string of the molecule is CC(C)c1cnc(NC(=O)NC(CS(C)(=O)=O)c2ccccc2)s1. The Balaban J connectivity index is 2.09. The van der Waals surface area contributed by atoms with Crippen molar-refractivity contribution in [1.82, 2.24) is 10.3 Å². The molecule has 8 heteroatoms.